The Kier molecular flexibility index (Phi) is 4.04. The van der Waals surface area contributed by atoms with Crippen molar-refractivity contribution in [2.75, 3.05) is 5.73 Å². The average Bonchev–Trinajstić information content (AvgIpc) is 2.84. The number of benzene rings is 1. The highest BCUT2D eigenvalue weighted by Gasteiger charge is 2.35. The maximum atomic E-state index is 13.5. The lowest BCUT2D eigenvalue weighted by Gasteiger charge is -2.11. The molecule has 3 aromatic rings. The Morgan fingerprint density at radius 2 is 1.92 bits per heavy atom. The van der Waals surface area contributed by atoms with E-state index in [4.69, 9.17) is 5.73 Å². The fourth-order valence-electron chi connectivity index (χ4n) is 2.55. The van der Waals surface area contributed by atoms with E-state index in [0.29, 0.717) is 0 Å². The van der Waals surface area contributed by atoms with Crippen LogP contribution in [0, 0.1) is 0 Å². The molecule has 0 radical (unpaired) electrons. The zero-order valence-electron chi connectivity index (χ0n) is 12.6. The lowest BCUT2D eigenvalue weighted by Crippen LogP contribution is -2.09. The van der Waals surface area contributed by atoms with Gasteiger partial charge in [0.15, 0.2) is 5.78 Å². The number of ketones is 1. The molecule has 0 amide bonds. The first kappa shape index (κ1) is 16.4. The minimum absolute atomic E-state index is 0.111. The molecule has 0 atom stereocenters. The summed E-state index contributed by atoms with van der Waals surface area (Å²) in [4.78, 5) is 16.1. The van der Waals surface area contributed by atoms with Gasteiger partial charge in [-0.05, 0) is 11.6 Å². The zero-order chi connectivity index (χ0) is 17.5. The number of halogens is 3. The number of nitrogens with two attached hydrogens (primary N) is 1. The van der Waals surface area contributed by atoms with Crippen molar-refractivity contribution < 1.29 is 18.0 Å². The molecule has 124 valence electrons. The van der Waals surface area contributed by atoms with Crippen LogP contribution in [0.25, 0.3) is 10.2 Å². The van der Waals surface area contributed by atoms with E-state index in [0.717, 1.165) is 23.0 Å². The van der Waals surface area contributed by atoms with E-state index in [1.165, 1.54) is 6.92 Å². The summed E-state index contributed by atoms with van der Waals surface area (Å²) in [5.41, 5.74) is 5.94. The highest BCUT2D eigenvalue weighted by molar-refractivity contribution is 7.21. The van der Waals surface area contributed by atoms with E-state index < -0.39 is 11.7 Å². The second-order valence-corrected chi connectivity index (χ2v) is 6.40. The number of nitrogens with zero attached hydrogens (tertiary/aromatic N) is 1. The molecule has 0 fully saturated rings. The van der Waals surface area contributed by atoms with Crippen molar-refractivity contribution in [1.82, 2.24) is 4.98 Å². The summed E-state index contributed by atoms with van der Waals surface area (Å²) in [6.07, 6.45) is -4.30. The fourth-order valence-corrected chi connectivity index (χ4v) is 3.59. The van der Waals surface area contributed by atoms with Gasteiger partial charge in [0.25, 0.3) is 0 Å². The van der Waals surface area contributed by atoms with Gasteiger partial charge in [-0.3, -0.25) is 4.79 Å². The predicted octanol–water partition coefficient (Wildman–Crippen LogP) is 4.69. The van der Waals surface area contributed by atoms with Crippen LogP contribution in [0.1, 0.15) is 33.4 Å². The summed E-state index contributed by atoms with van der Waals surface area (Å²) < 4.78 is 40.4. The molecule has 3 nitrogen and oxygen atoms in total. The third-order valence-corrected chi connectivity index (χ3v) is 4.81. The highest BCUT2D eigenvalue weighted by Crippen LogP contribution is 2.42. The van der Waals surface area contributed by atoms with Gasteiger partial charge < -0.3 is 5.73 Å². The van der Waals surface area contributed by atoms with E-state index in [1.807, 2.05) is 30.3 Å². The number of carbonyl (C=O) groups excluding carboxylic acids is 1. The first-order valence-electron chi connectivity index (χ1n) is 7.11. The number of anilines is 1. The summed E-state index contributed by atoms with van der Waals surface area (Å²) in [7, 11) is 0. The molecule has 7 heteroatoms. The first-order chi connectivity index (χ1) is 11.3. The fraction of sp³-hybridized carbons (Fsp3) is 0.176. The van der Waals surface area contributed by atoms with Crippen molar-refractivity contribution in [2.24, 2.45) is 0 Å². The highest BCUT2D eigenvalue weighted by atomic mass is 32.1. The molecule has 1 aromatic carbocycles. The van der Waals surface area contributed by atoms with Gasteiger partial charge in [-0.2, -0.15) is 13.2 Å². The molecular formula is C17H13F3N2OS. The molecule has 0 bridgehead atoms. The number of pyridine rings is 1. The maximum Gasteiger partial charge on any atom is 0.417 e. The van der Waals surface area contributed by atoms with Gasteiger partial charge >= 0.3 is 6.18 Å². The molecular weight excluding hydrogens is 337 g/mol. The Balaban J connectivity index is 2.21. The van der Waals surface area contributed by atoms with Crippen LogP contribution in [0.2, 0.25) is 0 Å². The molecule has 0 saturated heterocycles. The molecule has 2 heterocycles. The largest absolute Gasteiger partial charge is 0.417 e. The van der Waals surface area contributed by atoms with E-state index in [1.54, 1.807) is 0 Å². The van der Waals surface area contributed by atoms with Gasteiger partial charge in [-0.1, -0.05) is 30.3 Å². The Labute approximate surface area is 139 Å². The second kappa shape index (κ2) is 5.90. The van der Waals surface area contributed by atoms with Crippen molar-refractivity contribution in [1.29, 1.82) is 0 Å². The van der Waals surface area contributed by atoms with Crippen molar-refractivity contribution in [3.8, 4) is 0 Å². The van der Waals surface area contributed by atoms with Crippen LogP contribution in [0.3, 0.4) is 0 Å². The zero-order valence-corrected chi connectivity index (χ0v) is 13.5. The van der Waals surface area contributed by atoms with Crippen LogP contribution in [-0.2, 0) is 12.6 Å². The molecule has 0 aliphatic heterocycles. The Morgan fingerprint density at radius 3 is 2.50 bits per heavy atom. The van der Waals surface area contributed by atoms with E-state index >= 15 is 0 Å². The standard InChI is InChI=1S/C17H13F3N2OS/c1-9(23)15-14(21)13-12(17(18,19)20)8-11(22-16(13)24-15)7-10-5-3-2-4-6-10/h2-6,8H,7,21H2,1H3. The molecule has 0 aliphatic rings. The first-order valence-corrected chi connectivity index (χ1v) is 7.93. The Hall–Kier alpha value is -2.41. The Bertz CT molecular complexity index is 917. The summed E-state index contributed by atoms with van der Waals surface area (Å²) in [5, 5.41) is -0.186. The van der Waals surface area contributed by atoms with Crippen molar-refractivity contribution in [3.63, 3.8) is 0 Å². The summed E-state index contributed by atoms with van der Waals surface area (Å²) in [6, 6.07) is 10.1. The van der Waals surface area contributed by atoms with Gasteiger partial charge in [-0.25, -0.2) is 4.98 Å². The quantitative estimate of drug-likeness (QED) is 0.697. The van der Waals surface area contributed by atoms with Gasteiger partial charge in [0.2, 0.25) is 0 Å². The number of alkyl halides is 3. The predicted molar refractivity (Wildman–Crippen MR) is 88.3 cm³/mol. The van der Waals surface area contributed by atoms with Crippen molar-refractivity contribution in [3.05, 3.63) is 58.1 Å². The number of fused-ring (bicyclic) bond motifs is 1. The van der Waals surface area contributed by atoms with Gasteiger partial charge in [0, 0.05) is 24.4 Å². The molecule has 0 unspecified atom stereocenters. The third-order valence-electron chi connectivity index (χ3n) is 3.61. The number of hydrogen-bond acceptors (Lipinski definition) is 4. The molecule has 24 heavy (non-hydrogen) atoms. The van der Waals surface area contributed by atoms with Crippen LogP contribution in [0.5, 0.6) is 0 Å². The number of hydrogen-bond donors (Lipinski definition) is 1. The van der Waals surface area contributed by atoms with E-state index in [9.17, 15) is 18.0 Å². The number of thiophene rings is 1. The number of carbonyl (C=O) groups is 1. The SMILES string of the molecule is CC(=O)c1sc2nc(Cc3ccccc3)cc(C(F)(F)F)c2c1N. The molecule has 0 aliphatic carbocycles. The minimum atomic E-state index is -4.57. The minimum Gasteiger partial charge on any atom is -0.397 e. The third kappa shape index (κ3) is 2.99. The van der Waals surface area contributed by atoms with E-state index in [2.05, 4.69) is 4.98 Å². The molecule has 2 aromatic heterocycles. The molecule has 2 N–H and O–H groups in total. The topological polar surface area (TPSA) is 56.0 Å². The number of nitrogen functional groups attached to an aromatic ring is 1. The van der Waals surface area contributed by atoms with Gasteiger partial charge in [0.05, 0.1) is 16.1 Å². The van der Waals surface area contributed by atoms with Crippen LogP contribution in [-0.4, -0.2) is 10.8 Å². The van der Waals surface area contributed by atoms with Gasteiger partial charge in [0.1, 0.15) is 4.83 Å². The lowest BCUT2D eigenvalue weighted by molar-refractivity contribution is -0.136. The van der Waals surface area contributed by atoms with Crippen LogP contribution < -0.4 is 5.73 Å². The van der Waals surface area contributed by atoms with Gasteiger partial charge in [-0.15, -0.1) is 11.3 Å². The number of aromatic nitrogens is 1. The van der Waals surface area contributed by atoms with Crippen molar-refractivity contribution >= 4 is 33.0 Å². The normalized spacial score (nSPS) is 11.8. The number of rotatable bonds is 3. The van der Waals surface area contributed by atoms with Crippen LogP contribution >= 0.6 is 11.3 Å². The number of Topliss-reactive ketones (excluding diaryl/α,β-unsaturated/α-hetero) is 1. The molecule has 0 spiro atoms. The smallest absolute Gasteiger partial charge is 0.397 e. The second-order valence-electron chi connectivity index (χ2n) is 5.40. The Morgan fingerprint density at radius 1 is 1.25 bits per heavy atom. The summed E-state index contributed by atoms with van der Waals surface area (Å²) in [5.74, 6) is -0.367. The monoisotopic (exact) mass is 350 g/mol. The summed E-state index contributed by atoms with van der Waals surface area (Å²) >= 11 is 0.901. The summed E-state index contributed by atoms with van der Waals surface area (Å²) in [6.45, 7) is 1.28. The lowest BCUT2D eigenvalue weighted by atomic mass is 10.0. The van der Waals surface area contributed by atoms with Crippen LogP contribution in [0.4, 0.5) is 18.9 Å². The molecule has 0 saturated carbocycles. The average molecular weight is 350 g/mol. The van der Waals surface area contributed by atoms with E-state index in [-0.39, 0.29) is 38.7 Å². The van der Waals surface area contributed by atoms with Crippen LogP contribution in [0.15, 0.2) is 36.4 Å². The van der Waals surface area contributed by atoms with Crippen molar-refractivity contribution in [2.45, 2.75) is 19.5 Å². The maximum absolute atomic E-state index is 13.5. The molecule has 3 rings (SSSR count).